The minimum atomic E-state index is -3.62. The topological polar surface area (TPSA) is 84.9 Å². The Morgan fingerprint density at radius 3 is 1.89 bits per heavy atom. The van der Waals surface area contributed by atoms with Crippen molar-refractivity contribution in [2.75, 3.05) is 27.3 Å². The molecule has 4 rings (SSSR count). The fourth-order valence-electron chi connectivity index (χ4n) is 4.32. The Labute approximate surface area is 206 Å². The average molecular weight is 495 g/mol. The molecule has 0 spiro atoms. The number of hydrogen-bond donors (Lipinski definition) is 1. The molecule has 35 heavy (non-hydrogen) atoms. The van der Waals surface area contributed by atoms with E-state index in [1.807, 2.05) is 54.6 Å². The second kappa shape index (κ2) is 10.9. The second-order valence-corrected chi connectivity index (χ2v) is 10.4. The van der Waals surface area contributed by atoms with Crippen LogP contribution in [0.25, 0.3) is 0 Å². The van der Waals surface area contributed by atoms with Gasteiger partial charge in [-0.2, -0.15) is 4.31 Å². The number of piperidine rings is 1. The molecule has 1 unspecified atom stereocenters. The number of methoxy groups -OCH3 is 2. The number of benzene rings is 3. The molecule has 1 atom stereocenters. The first-order chi connectivity index (χ1) is 16.9. The molecule has 1 heterocycles. The summed E-state index contributed by atoms with van der Waals surface area (Å²) in [6, 6.07) is 23.5. The molecule has 1 saturated heterocycles. The summed E-state index contributed by atoms with van der Waals surface area (Å²) >= 11 is 0. The summed E-state index contributed by atoms with van der Waals surface area (Å²) in [5, 5.41) is 3.19. The van der Waals surface area contributed by atoms with Gasteiger partial charge in [-0.3, -0.25) is 4.79 Å². The third kappa shape index (κ3) is 5.66. The molecular formula is C27H30N2O5S. The number of sulfonamides is 1. The highest BCUT2D eigenvalue weighted by molar-refractivity contribution is 7.89. The molecule has 0 aromatic heterocycles. The van der Waals surface area contributed by atoms with Gasteiger partial charge in [-0.25, -0.2) is 8.42 Å². The molecule has 184 valence electrons. The first-order valence-corrected chi connectivity index (χ1v) is 13.0. The molecule has 7 nitrogen and oxygen atoms in total. The second-order valence-electron chi connectivity index (χ2n) is 8.48. The maximum Gasteiger partial charge on any atom is 0.243 e. The van der Waals surface area contributed by atoms with Crippen LogP contribution >= 0.6 is 0 Å². The first kappa shape index (κ1) is 24.8. The van der Waals surface area contributed by atoms with Gasteiger partial charge in [0.1, 0.15) is 11.5 Å². The number of nitrogens with zero attached hydrogens (tertiary/aromatic N) is 1. The zero-order valence-corrected chi connectivity index (χ0v) is 20.7. The van der Waals surface area contributed by atoms with Gasteiger partial charge in [0.05, 0.1) is 25.2 Å². The van der Waals surface area contributed by atoms with Crippen molar-refractivity contribution < 1.29 is 22.7 Å². The van der Waals surface area contributed by atoms with Crippen molar-refractivity contribution in [1.29, 1.82) is 0 Å². The molecule has 1 aliphatic heterocycles. The molecule has 0 saturated carbocycles. The number of carbonyl (C=O) groups is 1. The highest BCUT2D eigenvalue weighted by atomic mass is 32.2. The minimum absolute atomic E-state index is 0.0730. The lowest BCUT2D eigenvalue weighted by Crippen LogP contribution is -2.43. The highest BCUT2D eigenvalue weighted by Crippen LogP contribution is 2.28. The van der Waals surface area contributed by atoms with Gasteiger partial charge in [-0.1, -0.05) is 42.5 Å². The fraction of sp³-hybridized carbons (Fsp3) is 0.296. The van der Waals surface area contributed by atoms with Crippen LogP contribution in [0.5, 0.6) is 11.5 Å². The summed E-state index contributed by atoms with van der Waals surface area (Å²) in [5.41, 5.74) is 1.93. The van der Waals surface area contributed by atoms with Crippen molar-refractivity contribution >= 4 is 15.9 Å². The van der Waals surface area contributed by atoms with Gasteiger partial charge in [-0.15, -0.1) is 0 Å². The molecule has 0 aliphatic carbocycles. The van der Waals surface area contributed by atoms with Gasteiger partial charge in [0.25, 0.3) is 0 Å². The van der Waals surface area contributed by atoms with Gasteiger partial charge in [0.2, 0.25) is 15.9 Å². The predicted octanol–water partition coefficient (Wildman–Crippen LogP) is 4.01. The van der Waals surface area contributed by atoms with E-state index in [2.05, 4.69) is 5.32 Å². The lowest BCUT2D eigenvalue weighted by molar-refractivity contribution is -0.126. The normalized spacial score (nSPS) is 15.8. The number of amides is 1. The third-order valence-corrected chi connectivity index (χ3v) is 8.30. The summed E-state index contributed by atoms with van der Waals surface area (Å²) < 4.78 is 37.9. The van der Waals surface area contributed by atoms with Crippen LogP contribution in [0.15, 0.2) is 83.8 Å². The molecule has 1 amide bonds. The number of carbonyl (C=O) groups excluding carboxylic acids is 1. The number of nitrogens with one attached hydrogen (secondary N) is 1. The summed E-state index contributed by atoms with van der Waals surface area (Å²) in [7, 11) is -0.462. The van der Waals surface area contributed by atoms with Crippen LogP contribution in [-0.2, 0) is 14.8 Å². The van der Waals surface area contributed by atoms with E-state index < -0.39 is 10.0 Å². The maximum atomic E-state index is 13.3. The molecule has 0 bridgehead atoms. The van der Waals surface area contributed by atoms with Crippen LogP contribution in [-0.4, -0.2) is 45.9 Å². The summed E-state index contributed by atoms with van der Waals surface area (Å²) in [6.07, 6.45) is 0.927. The van der Waals surface area contributed by atoms with Crippen LogP contribution in [0.1, 0.15) is 30.0 Å². The summed E-state index contributed by atoms with van der Waals surface area (Å²) in [6.45, 7) is 0.593. The average Bonchev–Trinajstić information content (AvgIpc) is 2.92. The minimum Gasteiger partial charge on any atom is -0.497 e. The summed E-state index contributed by atoms with van der Waals surface area (Å²) in [5.74, 6) is 1.01. The van der Waals surface area contributed by atoms with E-state index >= 15 is 0 Å². The van der Waals surface area contributed by atoms with Crippen molar-refractivity contribution in [3.05, 3.63) is 90.0 Å². The van der Waals surface area contributed by atoms with Crippen LogP contribution in [0.2, 0.25) is 0 Å². The molecule has 1 fully saturated rings. The zero-order chi connectivity index (χ0) is 24.8. The SMILES string of the molecule is COc1ccc(C(NC(=O)C2CCN(S(=O)(=O)c3ccc(OC)cc3)CC2)c2ccccc2)cc1. The Morgan fingerprint density at radius 2 is 1.34 bits per heavy atom. The molecule has 8 heteroatoms. The van der Waals surface area contributed by atoms with Crippen molar-refractivity contribution in [3.8, 4) is 11.5 Å². The van der Waals surface area contributed by atoms with Crippen LogP contribution in [0.4, 0.5) is 0 Å². The van der Waals surface area contributed by atoms with E-state index in [0.717, 1.165) is 16.9 Å². The van der Waals surface area contributed by atoms with Crippen LogP contribution in [0, 0.1) is 5.92 Å². The van der Waals surface area contributed by atoms with Crippen molar-refractivity contribution in [2.45, 2.75) is 23.8 Å². The number of hydrogen-bond acceptors (Lipinski definition) is 5. The van der Waals surface area contributed by atoms with Crippen LogP contribution < -0.4 is 14.8 Å². The van der Waals surface area contributed by atoms with E-state index in [1.54, 1.807) is 31.4 Å². The fourth-order valence-corrected chi connectivity index (χ4v) is 5.79. The molecule has 1 aliphatic rings. The van der Waals surface area contributed by atoms with E-state index in [1.165, 1.54) is 11.4 Å². The Hall–Kier alpha value is -3.36. The molecule has 3 aromatic rings. The standard InChI is InChI=1S/C27H30N2O5S/c1-33-23-10-8-21(9-11-23)26(20-6-4-3-5-7-20)28-27(30)22-16-18-29(19-17-22)35(31,32)25-14-12-24(34-2)13-15-25/h3-15,22,26H,16-19H2,1-2H3,(H,28,30). The lowest BCUT2D eigenvalue weighted by Gasteiger charge is -2.31. The van der Waals surface area contributed by atoms with E-state index in [9.17, 15) is 13.2 Å². The number of ether oxygens (including phenoxy) is 2. The largest absolute Gasteiger partial charge is 0.497 e. The Bertz CT molecular complexity index is 1220. The van der Waals surface area contributed by atoms with Crippen molar-refractivity contribution in [2.24, 2.45) is 5.92 Å². The smallest absolute Gasteiger partial charge is 0.243 e. The number of rotatable bonds is 8. The molecule has 3 aromatic carbocycles. The van der Waals surface area contributed by atoms with Crippen molar-refractivity contribution in [1.82, 2.24) is 9.62 Å². The maximum absolute atomic E-state index is 13.3. The zero-order valence-electron chi connectivity index (χ0n) is 19.9. The predicted molar refractivity (Wildman–Crippen MR) is 134 cm³/mol. The molecular weight excluding hydrogens is 464 g/mol. The van der Waals surface area contributed by atoms with Gasteiger partial charge in [0, 0.05) is 19.0 Å². The third-order valence-electron chi connectivity index (χ3n) is 6.39. The van der Waals surface area contributed by atoms with Gasteiger partial charge < -0.3 is 14.8 Å². The lowest BCUT2D eigenvalue weighted by atomic mass is 9.94. The Kier molecular flexibility index (Phi) is 7.73. The quantitative estimate of drug-likeness (QED) is 0.512. The Balaban J connectivity index is 1.44. The highest BCUT2D eigenvalue weighted by Gasteiger charge is 2.33. The van der Waals surface area contributed by atoms with E-state index in [0.29, 0.717) is 31.7 Å². The van der Waals surface area contributed by atoms with Crippen molar-refractivity contribution in [3.63, 3.8) is 0 Å². The van der Waals surface area contributed by atoms with Crippen LogP contribution in [0.3, 0.4) is 0 Å². The Morgan fingerprint density at radius 1 is 0.829 bits per heavy atom. The van der Waals surface area contributed by atoms with Gasteiger partial charge in [-0.05, 0) is 60.4 Å². The van der Waals surface area contributed by atoms with Gasteiger partial charge >= 0.3 is 0 Å². The molecule has 1 N–H and O–H groups in total. The van der Waals surface area contributed by atoms with Gasteiger partial charge in [0.15, 0.2) is 0 Å². The summed E-state index contributed by atoms with van der Waals surface area (Å²) in [4.78, 5) is 13.5. The van der Waals surface area contributed by atoms with E-state index in [-0.39, 0.29) is 22.8 Å². The first-order valence-electron chi connectivity index (χ1n) is 11.6. The monoisotopic (exact) mass is 494 g/mol. The molecule has 0 radical (unpaired) electrons. The van der Waals surface area contributed by atoms with E-state index in [4.69, 9.17) is 9.47 Å².